The number of nitrogens with zero attached hydrogens (tertiary/aromatic N) is 2. The molecule has 2 N–H and O–H groups in total. The maximum Gasteiger partial charge on any atom is 0.326 e. The van der Waals surface area contributed by atoms with Gasteiger partial charge in [-0.25, -0.2) is 9.59 Å². The molecule has 3 amide bonds. The highest BCUT2D eigenvalue weighted by atomic mass is 16.5. The van der Waals surface area contributed by atoms with E-state index in [1.54, 1.807) is 0 Å². The van der Waals surface area contributed by atoms with Gasteiger partial charge >= 0.3 is 12.0 Å². The van der Waals surface area contributed by atoms with Crippen molar-refractivity contribution in [3.63, 3.8) is 0 Å². The minimum absolute atomic E-state index is 0.0917. The number of hydrogen-bond donors (Lipinski definition) is 2. The molecule has 0 aliphatic carbocycles. The van der Waals surface area contributed by atoms with Crippen LogP contribution in [0.2, 0.25) is 0 Å². The Kier molecular flexibility index (Phi) is 4.66. The van der Waals surface area contributed by atoms with E-state index in [-0.39, 0.29) is 25.0 Å². The Morgan fingerprint density at radius 1 is 1.24 bits per heavy atom. The maximum atomic E-state index is 12.6. The summed E-state index contributed by atoms with van der Waals surface area (Å²) in [7, 11) is 1.50. The van der Waals surface area contributed by atoms with E-state index in [1.165, 1.54) is 16.8 Å². The van der Waals surface area contributed by atoms with Crippen LogP contribution in [0.5, 0.6) is 0 Å². The average molecular weight is 299 g/mol. The Bertz CT molecular complexity index is 442. The highest BCUT2D eigenvalue weighted by Gasteiger charge is 2.43. The molecule has 21 heavy (non-hydrogen) atoms. The van der Waals surface area contributed by atoms with Crippen LogP contribution in [0.15, 0.2) is 0 Å². The molecular weight excluding hydrogens is 278 g/mol. The van der Waals surface area contributed by atoms with Crippen molar-refractivity contribution in [2.45, 2.75) is 25.4 Å². The predicted octanol–water partition coefficient (Wildman–Crippen LogP) is -0.652. The number of rotatable bonds is 2. The Hall–Kier alpha value is -1.83. The van der Waals surface area contributed by atoms with E-state index in [2.05, 4.69) is 5.32 Å². The van der Waals surface area contributed by atoms with E-state index < -0.39 is 24.1 Å². The first-order chi connectivity index (χ1) is 9.97. The Morgan fingerprint density at radius 3 is 2.57 bits per heavy atom. The van der Waals surface area contributed by atoms with Crippen LogP contribution in [0.4, 0.5) is 4.79 Å². The summed E-state index contributed by atoms with van der Waals surface area (Å²) in [5.74, 6) is -1.40. The van der Waals surface area contributed by atoms with Crippen molar-refractivity contribution < 1.29 is 24.2 Å². The Balaban J connectivity index is 2.17. The van der Waals surface area contributed by atoms with Crippen molar-refractivity contribution in [2.75, 3.05) is 33.4 Å². The predicted molar refractivity (Wildman–Crippen MR) is 72.7 cm³/mol. The lowest BCUT2D eigenvalue weighted by Crippen LogP contribution is -2.60. The van der Waals surface area contributed by atoms with Gasteiger partial charge in [0.15, 0.2) is 0 Å². The molecule has 8 nitrogen and oxygen atoms in total. The number of urea groups is 1. The third kappa shape index (κ3) is 2.94. The largest absolute Gasteiger partial charge is 0.480 e. The molecule has 0 aromatic carbocycles. The van der Waals surface area contributed by atoms with Gasteiger partial charge in [-0.2, -0.15) is 0 Å². The number of nitrogens with one attached hydrogen (secondary N) is 1. The van der Waals surface area contributed by atoms with E-state index in [0.29, 0.717) is 19.6 Å². The van der Waals surface area contributed by atoms with Gasteiger partial charge in [0.2, 0.25) is 5.91 Å². The van der Waals surface area contributed by atoms with Crippen LogP contribution in [0, 0.1) is 5.92 Å². The van der Waals surface area contributed by atoms with Crippen molar-refractivity contribution >= 4 is 17.9 Å². The smallest absolute Gasteiger partial charge is 0.326 e. The van der Waals surface area contributed by atoms with Crippen LogP contribution in [0.3, 0.4) is 0 Å². The van der Waals surface area contributed by atoms with E-state index >= 15 is 0 Å². The normalized spacial score (nSPS) is 29.3. The van der Waals surface area contributed by atoms with Gasteiger partial charge in [-0.3, -0.25) is 4.79 Å². The molecule has 0 radical (unpaired) electrons. The number of ether oxygens (including phenoxy) is 1. The second kappa shape index (κ2) is 6.30. The first kappa shape index (κ1) is 15.6. The van der Waals surface area contributed by atoms with Crippen LogP contribution in [0.25, 0.3) is 0 Å². The Labute approximate surface area is 123 Å². The molecule has 2 heterocycles. The number of carbonyl (C=O) groups is 3. The van der Waals surface area contributed by atoms with Crippen LogP contribution in [-0.4, -0.2) is 78.2 Å². The van der Waals surface area contributed by atoms with Crippen LogP contribution < -0.4 is 5.32 Å². The average Bonchev–Trinajstić information content (AvgIpc) is 2.87. The van der Waals surface area contributed by atoms with Gasteiger partial charge in [0.25, 0.3) is 0 Å². The Morgan fingerprint density at radius 2 is 1.95 bits per heavy atom. The zero-order chi connectivity index (χ0) is 15.6. The highest BCUT2D eigenvalue weighted by molar-refractivity contribution is 5.89. The summed E-state index contributed by atoms with van der Waals surface area (Å²) in [5.41, 5.74) is 0. The summed E-state index contributed by atoms with van der Waals surface area (Å²) >= 11 is 0. The highest BCUT2D eigenvalue weighted by Crippen LogP contribution is 2.26. The van der Waals surface area contributed by atoms with Gasteiger partial charge in [0, 0.05) is 20.1 Å². The third-order valence-corrected chi connectivity index (χ3v) is 4.12. The van der Waals surface area contributed by atoms with Crippen molar-refractivity contribution in [3.8, 4) is 0 Å². The van der Waals surface area contributed by atoms with Gasteiger partial charge in [-0.15, -0.1) is 0 Å². The first-order valence-corrected chi connectivity index (χ1v) is 7.06. The number of carboxylic acids is 1. The fourth-order valence-corrected chi connectivity index (χ4v) is 2.92. The molecule has 0 aromatic heterocycles. The number of amides is 3. The second-order valence-electron chi connectivity index (χ2n) is 5.42. The molecule has 118 valence electrons. The second-order valence-corrected chi connectivity index (χ2v) is 5.42. The topological polar surface area (TPSA) is 99.2 Å². The summed E-state index contributed by atoms with van der Waals surface area (Å²) in [4.78, 5) is 38.6. The third-order valence-electron chi connectivity index (χ3n) is 4.12. The van der Waals surface area contributed by atoms with E-state index in [1.807, 2.05) is 6.92 Å². The maximum absolute atomic E-state index is 12.6. The molecule has 2 rings (SSSR count). The summed E-state index contributed by atoms with van der Waals surface area (Å²) in [6.07, 6.45) is 0.650. The number of aliphatic carboxylic acids is 1. The number of likely N-dealkylation sites (tertiary alicyclic amines) is 1. The van der Waals surface area contributed by atoms with Crippen molar-refractivity contribution in [1.82, 2.24) is 15.1 Å². The van der Waals surface area contributed by atoms with Gasteiger partial charge in [-0.05, 0) is 12.3 Å². The van der Waals surface area contributed by atoms with E-state index in [9.17, 15) is 19.5 Å². The molecule has 0 spiro atoms. The van der Waals surface area contributed by atoms with Crippen LogP contribution in [0.1, 0.15) is 13.3 Å². The molecule has 8 heteroatoms. The van der Waals surface area contributed by atoms with Gasteiger partial charge in [-0.1, -0.05) is 6.92 Å². The summed E-state index contributed by atoms with van der Waals surface area (Å²) < 4.78 is 5.25. The van der Waals surface area contributed by atoms with Gasteiger partial charge in [0.1, 0.15) is 12.1 Å². The molecule has 2 aliphatic heterocycles. The monoisotopic (exact) mass is 299 g/mol. The number of hydrogen-bond acceptors (Lipinski definition) is 4. The summed E-state index contributed by atoms with van der Waals surface area (Å²) in [5, 5.41) is 11.8. The minimum atomic E-state index is -1.00. The van der Waals surface area contributed by atoms with Gasteiger partial charge in [0.05, 0.1) is 13.2 Å². The van der Waals surface area contributed by atoms with E-state index in [4.69, 9.17) is 4.74 Å². The minimum Gasteiger partial charge on any atom is -0.480 e. The molecule has 2 saturated heterocycles. The van der Waals surface area contributed by atoms with E-state index in [0.717, 1.165) is 0 Å². The molecule has 0 aromatic rings. The number of morpholine rings is 1. The molecule has 0 bridgehead atoms. The zero-order valence-electron chi connectivity index (χ0n) is 12.2. The molecule has 3 atom stereocenters. The first-order valence-electron chi connectivity index (χ1n) is 7.06. The summed E-state index contributed by atoms with van der Waals surface area (Å²) in [6.45, 7) is 2.98. The fraction of sp³-hybridized carbons (Fsp3) is 0.769. The zero-order valence-corrected chi connectivity index (χ0v) is 12.2. The molecular formula is C13H21N3O5. The van der Waals surface area contributed by atoms with Crippen molar-refractivity contribution in [2.24, 2.45) is 5.92 Å². The van der Waals surface area contributed by atoms with Crippen LogP contribution in [-0.2, 0) is 14.3 Å². The quantitative estimate of drug-likeness (QED) is 0.706. The molecule has 0 saturated carbocycles. The molecule has 3 unspecified atom stereocenters. The fourth-order valence-electron chi connectivity index (χ4n) is 2.92. The molecule has 2 aliphatic rings. The number of carboxylic acid groups (broad SMARTS) is 1. The number of likely N-dealkylation sites (N-methyl/N-ethyl adjacent to an activating group) is 1. The van der Waals surface area contributed by atoms with Gasteiger partial charge < -0.3 is 25.0 Å². The lowest BCUT2D eigenvalue weighted by atomic mass is 10.0. The number of carbonyl (C=O) groups excluding carboxylic acids is 2. The standard InChI is InChI=1S/C13H21N3O5/c1-8-3-4-16(10(8)12(18)19)13(20)15-5-6-21-7-9(15)11(17)14-2/h8-10H,3-7H2,1-2H3,(H,14,17)(H,18,19). The lowest BCUT2D eigenvalue weighted by Gasteiger charge is -2.38. The van der Waals surface area contributed by atoms with Crippen molar-refractivity contribution in [3.05, 3.63) is 0 Å². The van der Waals surface area contributed by atoms with Crippen molar-refractivity contribution in [1.29, 1.82) is 0 Å². The molecule has 2 fully saturated rings. The lowest BCUT2D eigenvalue weighted by molar-refractivity contribution is -0.142. The summed E-state index contributed by atoms with van der Waals surface area (Å²) in [6, 6.07) is -1.93. The van der Waals surface area contributed by atoms with Crippen LogP contribution >= 0.6 is 0 Å². The SMILES string of the molecule is CNC(=O)C1COCCN1C(=O)N1CCC(C)C1C(=O)O.